The molecule has 1 aliphatic rings. The molecule has 0 radical (unpaired) electrons. The van der Waals surface area contributed by atoms with E-state index in [9.17, 15) is 17.7 Å². The first kappa shape index (κ1) is 14.1. The molecule has 0 heterocycles. The number of halogens is 3. The molecular weight excluding hydrogens is 239 g/mol. The molecule has 1 aliphatic carbocycles. The fraction of sp³-hybridized carbons (Fsp3) is 1.00. The normalized spacial score (nSPS) is 30.0. The zero-order valence-corrected chi connectivity index (χ0v) is 10.7. The standard InChI is InChI=1S/C10H18F3NOS/c1-6-5-7(6)8(10(11,12)13)14-16(15)9(2,3)4/h6-8,14H,5H2,1-4H3/t6-,7?,8+,16+/m0/s1. The summed E-state index contributed by atoms with van der Waals surface area (Å²) in [6.07, 6.45) is -3.77. The lowest BCUT2D eigenvalue weighted by atomic mass is 10.1. The van der Waals surface area contributed by atoms with Crippen LogP contribution < -0.4 is 4.72 Å². The second kappa shape index (κ2) is 4.38. The Hall–Kier alpha value is 0.0600. The van der Waals surface area contributed by atoms with Gasteiger partial charge in [0.2, 0.25) is 0 Å². The largest absolute Gasteiger partial charge is 0.598 e. The highest BCUT2D eigenvalue weighted by molar-refractivity contribution is 7.90. The Bertz CT molecular complexity index is 251. The molecule has 0 aromatic heterocycles. The Morgan fingerprint density at radius 2 is 1.75 bits per heavy atom. The zero-order valence-electron chi connectivity index (χ0n) is 9.89. The van der Waals surface area contributed by atoms with Crippen LogP contribution in [0.15, 0.2) is 0 Å². The molecule has 0 aromatic carbocycles. The van der Waals surface area contributed by atoms with E-state index in [1.54, 1.807) is 27.7 Å². The summed E-state index contributed by atoms with van der Waals surface area (Å²) in [7, 11) is 0. The SMILES string of the molecule is C[C@H]1CC1[C@@H](N[S@+]([O-])C(C)(C)C)C(F)(F)F. The van der Waals surface area contributed by atoms with Crippen molar-refractivity contribution in [2.75, 3.05) is 0 Å². The Labute approximate surface area is 97.3 Å². The first-order valence-electron chi connectivity index (χ1n) is 5.28. The summed E-state index contributed by atoms with van der Waals surface area (Å²) in [5, 5.41) is 0. The molecule has 0 bridgehead atoms. The van der Waals surface area contributed by atoms with E-state index >= 15 is 0 Å². The second-order valence-electron chi connectivity index (χ2n) is 5.40. The summed E-state index contributed by atoms with van der Waals surface area (Å²) in [5.41, 5.74) is 0. The van der Waals surface area contributed by atoms with Gasteiger partial charge in [-0.25, -0.2) is 0 Å². The van der Waals surface area contributed by atoms with Crippen molar-refractivity contribution in [1.29, 1.82) is 0 Å². The van der Waals surface area contributed by atoms with Gasteiger partial charge < -0.3 is 4.55 Å². The van der Waals surface area contributed by atoms with Crippen molar-refractivity contribution < 1.29 is 17.7 Å². The third-order valence-electron chi connectivity index (χ3n) is 2.74. The monoisotopic (exact) mass is 257 g/mol. The molecular formula is C10H18F3NOS. The number of nitrogens with one attached hydrogen (secondary N) is 1. The quantitative estimate of drug-likeness (QED) is 0.789. The maximum Gasteiger partial charge on any atom is 0.408 e. The van der Waals surface area contributed by atoms with Gasteiger partial charge >= 0.3 is 6.18 Å². The molecule has 0 aliphatic heterocycles. The smallest absolute Gasteiger partial charge is 0.408 e. The minimum absolute atomic E-state index is 0.0658. The second-order valence-corrected chi connectivity index (χ2v) is 7.39. The molecule has 1 N–H and O–H groups in total. The predicted molar refractivity (Wildman–Crippen MR) is 58.1 cm³/mol. The van der Waals surface area contributed by atoms with Gasteiger partial charge in [-0.3, -0.25) is 0 Å². The molecule has 0 spiro atoms. The van der Waals surface area contributed by atoms with Crippen LogP contribution >= 0.6 is 0 Å². The summed E-state index contributed by atoms with van der Waals surface area (Å²) >= 11 is -1.68. The highest BCUT2D eigenvalue weighted by Crippen LogP contribution is 2.46. The van der Waals surface area contributed by atoms with Crippen LogP contribution in [0.5, 0.6) is 0 Å². The van der Waals surface area contributed by atoms with Crippen LogP contribution in [-0.2, 0) is 11.4 Å². The molecule has 1 saturated carbocycles. The fourth-order valence-electron chi connectivity index (χ4n) is 1.50. The van der Waals surface area contributed by atoms with Crippen molar-refractivity contribution in [2.24, 2.45) is 11.8 Å². The van der Waals surface area contributed by atoms with E-state index in [4.69, 9.17) is 0 Å². The van der Waals surface area contributed by atoms with Gasteiger partial charge in [0, 0.05) is 11.4 Å². The van der Waals surface area contributed by atoms with E-state index in [-0.39, 0.29) is 5.92 Å². The maximum absolute atomic E-state index is 12.7. The Balaban J connectivity index is 2.66. The molecule has 96 valence electrons. The van der Waals surface area contributed by atoms with Crippen LogP contribution in [0.4, 0.5) is 13.2 Å². The lowest BCUT2D eigenvalue weighted by Gasteiger charge is -2.29. The van der Waals surface area contributed by atoms with E-state index in [2.05, 4.69) is 4.72 Å². The zero-order chi connectivity index (χ0) is 12.7. The van der Waals surface area contributed by atoms with Gasteiger partial charge in [-0.15, -0.1) is 4.72 Å². The summed E-state index contributed by atoms with van der Waals surface area (Å²) in [5.74, 6) is -0.359. The average Bonchev–Trinajstić information content (AvgIpc) is 2.73. The van der Waals surface area contributed by atoms with Gasteiger partial charge in [0.15, 0.2) is 6.04 Å². The number of alkyl halides is 3. The first-order valence-corrected chi connectivity index (χ1v) is 6.43. The van der Waals surface area contributed by atoms with Gasteiger partial charge in [0.25, 0.3) is 0 Å². The Morgan fingerprint density at radius 3 is 2.00 bits per heavy atom. The van der Waals surface area contributed by atoms with E-state index in [0.717, 1.165) is 0 Å². The van der Waals surface area contributed by atoms with Gasteiger partial charge in [-0.2, -0.15) is 13.2 Å². The van der Waals surface area contributed by atoms with Crippen molar-refractivity contribution >= 4 is 11.4 Å². The lowest BCUT2D eigenvalue weighted by Crippen LogP contribution is -2.52. The van der Waals surface area contributed by atoms with Crippen LogP contribution in [0.3, 0.4) is 0 Å². The van der Waals surface area contributed by atoms with E-state index in [0.29, 0.717) is 6.42 Å². The minimum Gasteiger partial charge on any atom is -0.598 e. The molecule has 1 fully saturated rings. The Kier molecular flexibility index (Phi) is 3.87. The summed E-state index contributed by atoms with van der Waals surface area (Å²) < 4.78 is 51.4. The van der Waals surface area contributed by atoms with E-state index < -0.39 is 34.2 Å². The Morgan fingerprint density at radius 1 is 1.31 bits per heavy atom. The van der Waals surface area contributed by atoms with Gasteiger partial charge in [0.05, 0.1) is 0 Å². The first-order chi connectivity index (χ1) is 7.03. The number of rotatable bonds is 3. The van der Waals surface area contributed by atoms with Crippen LogP contribution in [0.2, 0.25) is 0 Å². The predicted octanol–water partition coefficient (Wildman–Crippen LogP) is 2.63. The van der Waals surface area contributed by atoms with E-state index in [1.165, 1.54) is 0 Å². The van der Waals surface area contributed by atoms with Crippen molar-refractivity contribution in [3.63, 3.8) is 0 Å². The van der Waals surface area contributed by atoms with E-state index in [1.807, 2.05) is 0 Å². The van der Waals surface area contributed by atoms with Crippen molar-refractivity contribution in [1.82, 2.24) is 4.72 Å². The third-order valence-corrected chi connectivity index (χ3v) is 4.32. The maximum atomic E-state index is 12.7. The topological polar surface area (TPSA) is 35.1 Å². The summed E-state index contributed by atoms with van der Waals surface area (Å²) in [6, 6.07) is -1.64. The molecule has 1 unspecified atom stereocenters. The third kappa shape index (κ3) is 3.53. The fourth-order valence-corrected chi connectivity index (χ4v) is 2.40. The molecule has 2 nitrogen and oxygen atoms in total. The van der Waals surface area contributed by atoms with Crippen molar-refractivity contribution in [3.05, 3.63) is 0 Å². The van der Waals surface area contributed by atoms with Crippen LogP contribution in [0.25, 0.3) is 0 Å². The molecule has 16 heavy (non-hydrogen) atoms. The average molecular weight is 257 g/mol. The highest BCUT2D eigenvalue weighted by Gasteiger charge is 2.55. The minimum atomic E-state index is -4.32. The van der Waals surface area contributed by atoms with Crippen molar-refractivity contribution in [3.8, 4) is 0 Å². The number of hydrogen-bond acceptors (Lipinski definition) is 2. The van der Waals surface area contributed by atoms with Crippen LogP contribution in [0.1, 0.15) is 34.1 Å². The van der Waals surface area contributed by atoms with Gasteiger partial charge in [-0.1, -0.05) is 6.92 Å². The molecule has 1 rings (SSSR count). The van der Waals surface area contributed by atoms with Crippen LogP contribution in [0, 0.1) is 11.8 Å². The highest BCUT2D eigenvalue weighted by atomic mass is 32.2. The summed E-state index contributed by atoms with van der Waals surface area (Å²) in [6.45, 7) is 6.74. The molecule has 0 amide bonds. The molecule has 4 atom stereocenters. The molecule has 0 aromatic rings. The van der Waals surface area contributed by atoms with Crippen molar-refractivity contribution in [2.45, 2.75) is 51.1 Å². The molecule has 0 saturated heterocycles. The van der Waals surface area contributed by atoms with Gasteiger partial charge in [-0.05, 0) is 39.0 Å². The summed E-state index contributed by atoms with van der Waals surface area (Å²) in [4.78, 5) is 0. The number of hydrogen-bond donors (Lipinski definition) is 1. The van der Waals surface area contributed by atoms with Crippen LogP contribution in [-0.4, -0.2) is 21.5 Å². The lowest BCUT2D eigenvalue weighted by molar-refractivity contribution is -0.156. The van der Waals surface area contributed by atoms with Gasteiger partial charge in [0.1, 0.15) is 4.75 Å². The molecule has 6 heteroatoms.